The van der Waals surface area contributed by atoms with Gasteiger partial charge in [0.2, 0.25) is 0 Å². The highest BCUT2D eigenvalue weighted by Gasteiger charge is 2.15. The van der Waals surface area contributed by atoms with Gasteiger partial charge in [0.25, 0.3) is 5.91 Å². The van der Waals surface area contributed by atoms with Crippen molar-refractivity contribution in [2.24, 2.45) is 0 Å². The molecule has 0 aliphatic rings. The number of hydrogen-bond acceptors (Lipinski definition) is 2. The number of nitrogens with zero attached hydrogens (tertiary/aromatic N) is 2. The summed E-state index contributed by atoms with van der Waals surface area (Å²) in [5.41, 5.74) is 2.51. The molecule has 0 amide bonds. The first-order chi connectivity index (χ1) is 9.31. The molecule has 0 aliphatic carbocycles. The highest BCUT2D eigenvalue weighted by Crippen LogP contribution is 2.24. The number of fused-ring (bicyclic) bond motifs is 1. The van der Waals surface area contributed by atoms with Crippen molar-refractivity contribution >= 4 is 16.9 Å². The van der Waals surface area contributed by atoms with Gasteiger partial charge in [-0.05, 0) is 18.2 Å². The Morgan fingerprint density at radius 2 is 1.74 bits per heavy atom. The van der Waals surface area contributed by atoms with Crippen LogP contribution in [0.1, 0.15) is 4.79 Å². The van der Waals surface area contributed by atoms with Crippen LogP contribution in [0.2, 0.25) is 0 Å². The number of para-hydroxylation sites is 2. The molecule has 3 rings (SSSR count). The minimum absolute atomic E-state index is 0.174. The molecule has 1 heterocycles. The van der Waals surface area contributed by atoms with E-state index in [0.717, 1.165) is 16.6 Å². The molecular weight excluding hydrogens is 236 g/mol. The molecule has 0 saturated carbocycles. The minimum atomic E-state index is -0.174. The molecule has 2 aromatic carbocycles. The Balaban J connectivity index is 2.35. The van der Waals surface area contributed by atoms with E-state index >= 15 is 0 Å². The van der Waals surface area contributed by atoms with Crippen molar-refractivity contribution in [2.45, 2.75) is 0 Å². The van der Waals surface area contributed by atoms with Gasteiger partial charge in [0.05, 0.1) is 11.0 Å². The molecule has 0 radical (unpaired) electrons. The van der Waals surface area contributed by atoms with E-state index in [1.165, 1.54) is 6.08 Å². The summed E-state index contributed by atoms with van der Waals surface area (Å²) >= 11 is 0. The number of carbonyl (C=O) groups is 1. The van der Waals surface area contributed by atoms with Crippen molar-refractivity contribution in [3.05, 3.63) is 67.3 Å². The Kier molecular flexibility index (Phi) is 2.72. The number of hydrogen-bond donors (Lipinski definition) is 0. The predicted molar refractivity (Wildman–Crippen MR) is 76.0 cm³/mol. The first-order valence-corrected chi connectivity index (χ1v) is 6.01. The summed E-state index contributed by atoms with van der Waals surface area (Å²) in [5.74, 6) is 0.472. The van der Waals surface area contributed by atoms with E-state index in [9.17, 15) is 4.79 Å². The molecular formula is C16H12N2O. The van der Waals surface area contributed by atoms with E-state index in [1.54, 1.807) is 4.57 Å². The fourth-order valence-electron chi connectivity index (χ4n) is 2.12. The van der Waals surface area contributed by atoms with Gasteiger partial charge in [-0.25, -0.2) is 4.98 Å². The van der Waals surface area contributed by atoms with Crippen molar-refractivity contribution in [3.63, 3.8) is 0 Å². The monoisotopic (exact) mass is 248 g/mol. The Hall–Kier alpha value is -2.68. The first-order valence-electron chi connectivity index (χ1n) is 6.01. The van der Waals surface area contributed by atoms with E-state index in [4.69, 9.17) is 0 Å². The van der Waals surface area contributed by atoms with Gasteiger partial charge in [0.1, 0.15) is 5.82 Å². The van der Waals surface area contributed by atoms with E-state index < -0.39 is 0 Å². The van der Waals surface area contributed by atoms with Crippen LogP contribution in [0.25, 0.3) is 22.4 Å². The maximum absolute atomic E-state index is 12.1. The van der Waals surface area contributed by atoms with Gasteiger partial charge in [-0.15, -0.1) is 0 Å². The highest BCUT2D eigenvalue weighted by atomic mass is 16.2. The second-order valence-corrected chi connectivity index (χ2v) is 4.17. The summed E-state index contributed by atoms with van der Waals surface area (Å²) in [6.07, 6.45) is 1.31. The van der Waals surface area contributed by atoms with Crippen LogP contribution in [0.5, 0.6) is 0 Å². The van der Waals surface area contributed by atoms with E-state index in [0.29, 0.717) is 5.82 Å². The smallest absolute Gasteiger partial charge is 0.256 e. The molecule has 0 spiro atoms. The molecule has 0 aliphatic heterocycles. The molecule has 0 fully saturated rings. The second kappa shape index (κ2) is 4.53. The maximum atomic E-state index is 12.1. The second-order valence-electron chi connectivity index (χ2n) is 4.17. The Bertz CT molecular complexity index is 757. The van der Waals surface area contributed by atoms with Crippen LogP contribution >= 0.6 is 0 Å². The maximum Gasteiger partial charge on any atom is 0.256 e. The molecule has 3 nitrogen and oxygen atoms in total. The van der Waals surface area contributed by atoms with E-state index in [2.05, 4.69) is 11.6 Å². The normalized spacial score (nSPS) is 10.5. The summed E-state index contributed by atoms with van der Waals surface area (Å²) in [4.78, 5) is 16.6. The first kappa shape index (κ1) is 11.4. The van der Waals surface area contributed by atoms with Gasteiger partial charge in [0.15, 0.2) is 0 Å². The third-order valence-electron chi connectivity index (χ3n) is 2.99. The molecule has 1 aromatic heterocycles. The quantitative estimate of drug-likeness (QED) is 0.650. The van der Waals surface area contributed by atoms with Crippen LogP contribution < -0.4 is 0 Å². The molecule has 19 heavy (non-hydrogen) atoms. The van der Waals surface area contributed by atoms with Crippen molar-refractivity contribution in [1.82, 2.24) is 9.55 Å². The van der Waals surface area contributed by atoms with Gasteiger partial charge >= 0.3 is 0 Å². The number of carbonyl (C=O) groups excluding carboxylic acids is 1. The largest absolute Gasteiger partial charge is 0.269 e. The molecule has 0 unspecified atom stereocenters. The van der Waals surface area contributed by atoms with Crippen LogP contribution in [0.3, 0.4) is 0 Å². The number of benzene rings is 2. The van der Waals surface area contributed by atoms with Crippen LogP contribution in [-0.2, 0) is 0 Å². The standard InChI is InChI=1S/C16H12N2O/c1-2-15(19)18-14-11-7-6-10-13(14)17-16(18)12-8-4-3-5-9-12/h2-11H,1H2. The average Bonchev–Trinajstić information content (AvgIpc) is 2.87. The lowest BCUT2D eigenvalue weighted by Crippen LogP contribution is -2.08. The summed E-state index contributed by atoms with van der Waals surface area (Å²) in [7, 11) is 0. The molecule has 3 heteroatoms. The number of rotatable bonds is 2. The van der Waals surface area contributed by atoms with Crippen molar-refractivity contribution in [2.75, 3.05) is 0 Å². The van der Waals surface area contributed by atoms with Crippen LogP contribution in [-0.4, -0.2) is 15.5 Å². The van der Waals surface area contributed by atoms with Crippen molar-refractivity contribution in [3.8, 4) is 11.4 Å². The predicted octanol–water partition coefficient (Wildman–Crippen LogP) is 3.53. The number of allylic oxidation sites excluding steroid dienone is 1. The van der Waals surface area contributed by atoms with Gasteiger partial charge in [0, 0.05) is 5.56 Å². The van der Waals surface area contributed by atoms with Crippen molar-refractivity contribution in [1.29, 1.82) is 0 Å². The summed E-state index contributed by atoms with van der Waals surface area (Å²) in [6.45, 7) is 3.56. The summed E-state index contributed by atoms with van der Waals surface area (Å²) in [5, 5.41) is 0. The van der Waals surface area contributed by atoms with Crippen LogP contribution in [0.15, 0.2) is 67.3 Å². The molecule has 0 bridgehead atoms. The molecule has 0 N–H and O–H groups in total. The lowest BCUT2D eigenvalue weighted by Gasteiger charge is -2.04. The zero-order valence-electron chi connectivity index (χ0n) is 10.3. The summed E-state index contributed by atoms with van der Waals surface area (Å²) in [6, 6.07) is 17.3. The van der Waals surface area contributed by atoms with Crippen LogP contribution in [0.4, 0.5) is 0 Å². The van der Waals surface area contributed by atoms with Gasteiger partial charge in [-0.3, -0.25) is 9.36 Å². The van der Waals surface area contributed by atoms with E-state index in [1.807, 2.05) is 54.6 Å². The molecule has 0 saturated heterocycles. The molecule has 3 aromatic rings. The third-order valence-corrected chi connectivity index (χ3v) is 2.99. The average molecular weight is 248 g/mol. The third kappa shape index (κ3) is 1.85. The van der Waals surface area contributed by atoms with Gasteiger partial charge in [-0.2, -0.15) is 0 Å². The number of aromatic nitrogens is 2. The summed E-state index contributed by atoms with van der Waals surface area (Å²) < 4.78 is 1.59. The van der Waals surface area contributed by atoms with E-state index in [-0.39, 0.29) is 5.91 Å². The lowest BCUT2D eigenvalue weighted by molar-refractivity contribution is 0.0975. The molecule has 0 atom stereocenters. The zero-order chi connectivity index (χ0) is 13.2. The fraction of sp³-hybridized carbons (Fsp3) is 0. The Morgan fingerprint density at radius 3 is 2.47 bits per heavy atom. The molecule has 92 valence electrons. The Labute approximate surface area is 110 Å². The van der Waals surface area contributed by atoms with Crippen LogP contribution in [0, 0.1) is 0 Å². The lowest BCUT2D eigenvalue weighted by atomic mass is 10.2. The van der Waals surface area contributed by atoms with Crippen molar-refractivity contribution < 1.29 is 4.79 Å². The minimum Gasteiger partial charge on any atom is -0.269 e. The number of imidazole rings is 1. The SMILES string of the molecule is C=CC(=O)n1c(-c2ccccc2)nc2ccccc21. The Morgan fingerprint density at radius 1 is 1.05 bits per heavy atom. The highest BCUT2D eigenvalue weighted by molar-refractivity contribution is 6.00. The topological polar surface area (TPSA) is 34.9 Å². The fourth-order valence-corrected chi connectivity index (χ4v) is 2.12. The zero-order valence-corrected chi connectivity index (χ0v) is 10.3. The van der Waals surface area contributed by atoms with Gasteiger partial charge in [-0.1, -0.05) is 49.0 Å². The van der Waals surface area contributed by atoms with Gasteiger partial charge < -0.3 is 0 Å².